The molecule has 0 bridgehead atoms. The molecule has 7 heteroatoms. The molecule has 0 aliphatic heterocycles. The van der Waals surface area contributed by atoms with Crippen molar-refractivity contribution in [1.29, 1.82) is 0 Å². The Bertz CT molecular complexity index is 463. The molecule has 2 aromatic rings. The lowest BCUT2D eigenvalue weighted by Gasteiger charge is -2.02. The first-order valence-corrected chi connectivity index (χ1v) is 4.53. The number of hydrazine groups is 1. The largest absolute Gasteiger partial charge is 0.331 e. The summed E-state index contributed by atoms with van der Waals surface area (Å²) in [4.78, 5) is 22.2. The van der Waals surface area contributed by atoms with E-state index < -0.39 is 0 Å². The van der Waals surface area contributed by atoms with E-state index in [0.29, 0.717) is 11.6 Å². The van der Waals surface area contributed by atoms with E-state index in [-0.39, 0.29) is 11.6 Å². The second-order valence-electron chi connectivity index (χ2n) is 2.97. The van der Waals surface area contributed by atoms with Crippen LogP contribution in [0.25, 0.3) is 0 Å². The highest BCUT2D eigenvalue weighted by Crippen LogP contribution is 2.05. The summed E-state index contributed by atoms with van der Waals surface area (Å²) in [5.41, 5.74) is 3.35. The summed E-state index contributed by atoms with van der Waals surface area (Å²) in [5.74, 6) is 5.23. The molecule has 16 heavy (non-hydrogen) atoms. The van der Waals surface area contributed by atoms with E-state index in [4.69, 9.17) is 5.84 Å². The van der Waals surface area contributed by atoms with Gasteiger partial charge in [0.05, 0.1) is 11.9 Å². The SMILES string of the molecule is NNc1ccc(C(=O)Nc2ncc[nH]2)nc1. The number of amides is 1. The molecule has 0 fully saturated rings. The molecule has 82 valence electrons. The van der Waals surface area contributed by atoms with Gasteiger partial charge >= 0.3 is 0 Å². The van der Waals surface area contributed by atoms with E-state index in [0.717, 1.165) is 0 Å². The number of carbonyl (C=O) groups is 1. The minimum Gasteiger partial charge on any atom is -0.331 e. The smallest absolute Gasteiger partial charge is 0.276 e. The van der Waals surface area contributed by atoms with Gasteiger partial charge in [-0.05, 0) is 12.1 Å². The van der Waals surface area contributed by atoms with Gasteiger partial charge in [-0.15, -0.1) is 0 Å². The standard InChI is InChI=1S/C9H10N6O/c10-15-6-1-2-7(13-5-6)8(16)14-9-11-3-4-12-9/h1-5,15H,10H2,(H2,11,12,14,16). The number of aromatic nitrogens is 3. The van der Waals surface area contributed by atoms with Crippen molar-refractivity contribution in [2.24, 2.45) is 5.84 Å². The number of imidazole rings is 1. The number of nitrogens with one attached hydrogen (secondary N) is 3. The van der Waals surface area contributed by atoms with Crippen LogP contribution in [-0.2, 0) is 0 Å². The third-order valence-electron chi connectivity index (χ3n) is 1.89. The Hall–Kier alpha value is -2.41. The van der Waals surface area contributed by atoms with Gasteiger partial charge in [-0.2, -0.15) is 0 Å². The fraction of sp³-hybridized carbons (Fsp3) is 0. The molecular formula is C9H10N6O. The number of H-pyrrole nitrogens is 1. The van der Waals surface area contributed by atoms with Crippen LogP contribution in [-0.4, -0.2) is 20.9 Å². The second-order valence-corrected chi connectivity index (χ2v) is 2.97. The lowest BCUT2D eigenvalue weighted by molar-refractivity contribution is 0.102. The van der Waals surface area contributed by atoms with E-state index >= 15 is 0 Å². The molecule has 0 aliphatic carbocycles. The van der Waals surface area contributed by atoms with Crippen LogP contribution < -0.4 is 16.6 Å². The van der Waals surface area contributed by atoms with E-state index in [1.807, 2.05) is 0 Å². The van der Waals surface area contributed by atoms with Crippen molar-refractivity contribution in [2.45, 2.75) is 0 Å². The molecular weight excluding hydrogens is 208 g/mol. The number of anilines is 2. The van der Waals surface area contributed by atoms with Crippen LogP contribution in [0.5, 0.6) is 0 Å². The van der Waals surface area contributed by atoms with Crippen molar-refractivity contribution in [3.8, 4) is 0 Å². The van der Waals surface area contributed by atoms with Crippen LogP contribution in [0.2, 0.25) is 0 Å². The maximum atomic E-state index is 11.6. The normalized spacial score (nSPS) is 9.81. The Morgan fingerprint density at radius 1 is 1.38 bits per heavy atom. The van der Waals surface area contributed by atoms with Gasteiger partial charge in [0.2, 0.25) is 5.95 Å². The van der Waals surface area contributed by atoms with Gasteiger partial charge in [0.15, 0.2) is 0 Å². The zero-order valence-electron chi connectivity index (χ0n) is 8.27. The third-order valence-corrected chi connectivity index (χ3v) is 1.89. The van der Waals surface area contributed by atoms with Gasteiger partial charge in [0.1, 0.15) is 5.69 Å². The van der Waals surface area contributed by atoms with Crippen molar-refractivity contribution >= 4 is 17.5 Å². The molecule has 0 aliphatic rings. The van der Waals surface area contributed by atoms with Crippen LogP contribution in [0.15, 0.2) is 30.7 Å². The number of nitrogens with zero attached hydrogens (tertiary/aromatic N) is 2. The maximum Gasteiger partial charge on any atom is 0.276 e. The molecule has 2 aromatic heterocycles. The summed E-state index contributed by atoms with van der Waals surface area (Å²) < 4.78 is 0. The Labute approximate surface area is 91.1 Å². The van der Waals surface area contributed by atoms with Crippen LogP contribution >= 0.6 is 0 Å². The molecule has 0 unspecified atom stereocenters. The van der Waals surface area contributed by atoms with Gasteiger partial charge in [0, 0.05) is 12.4 Å². The predicted octanol–water partition coefficient (Wildman–Crippen LogP) is 0.343. The molecule has 0 saturated carbocycles. The highest BCUT2D eigenvalue weighted by molar-refractivity contribution is 6.01. The second kappa shape index (κ2) is 4.41. The summed E-state index contributed by atoms with van der Waals surface area (Å²) in [6.07, 6.45) is 4.63. The number of hydrogen-bond donors (Lipinski definition) is 4. The van der Waals surface area contributed by atoms with Crippen LogP contribution in [0.4, 0.5) is 11.6 Å². The summed E-state index contributed by atoms with van der Waals surface area (Å²) >= 11 is 0. The summed E-state index contributed by atoms with van der Waals surface area (Å²) in [6.45, 7) is 0. The molecule has 0 atom stereocenters. The minimum atomic E-state index is -0.335. The lowest BCUT2D eigenvalue weighted by atomic mass is 10.3. The highest BCUT2D eigenvalue weighted by atomic mass is 16.2. The molecule has 2 heterocycles. The summed E-state index contributed by atoms with van der Waals surface area (Å²) in [5, 5.41) is 2.56. The Kier molecular flexibility index (Phi) is 2.79. The van der Waals surface area contributed by atoms with Gasteiger partial charge < -0.3 is 10.4 Å². The molecule has 0 radical (unpaired) electrons. The van der Waals surface area contributed by atoms with E-state index in [1.54, 1.807) is 24.5 Å². The number of aromatic amines is 1. The Morgan fingerprint density at radius 2 is 2.25 bits per heavy atom. The Morgan fingerprint density at radius 3 is 2.81 bits per heavy atom. The van der Waals surface area contributed by atoms with E-state index in [9.17, 15) is 4.79 Å². The molecule has 0 spiro atoms. The molecule has 7 nitrogen and oxygen atoms in total. The van der Waals surface area contributed by atoms with Crippen molar-refractivity contribution in [2.75, 3.05) is 10.7 Å². The predicted molar refractivity (Wildman–Crippen MR) is 58.6 cm³/mol. The summed E-state index contributed by atoms with van der Waals surface area (Å²) in [7, 11) is 0. The number of rotatable bonds is 3. The first kappa shape index (κ1) is 10.1. The zero-order valence-corrected chi connectivity index (χ0v) is 8.27. The summed E-state index contributed by atoms with van der Waals surface area (Å²) in [6, 6.07) is 3.22. The average molecular weight is 218 g/mol. The van der Waals surface area contributed by atoms with Crippen molar-refractivity contribution in [3.05, 3.63) is 36.4 Å². The maximum absolute atomic E-state index is 11.6. The quantitative estimate of drug-likeness (QED) is 0.439. The zero-order chi connectivity index (χ0) is 11.4. The van der Waals surface area contributed by atoms with Gasteiger partial charge in [-0.1, -0.05) is 0 Å². The third kappa shape index (κ3) is 2.15. The average Bonchev–Trinajstić information content (AvgIpc) is 2.82. The fourth-order valence-electron chi connectivity index (χ4n) is 1.12. The topological polar surface area (TPSA) is 109 Å². The first-order chi connectivity index (χ1) is 7.79. The molecule has 5 N–H and O–H groups in total. The van der Waals surface area contributed by atoms with Gasteiger partial charge in [0.25, 0.3) is 5.91 Å². The highest BCUT2D eigenvalue weighted by Gasteiger charge is 2.08. The number of nitrogens with two attached hydrogens (primary N) is 1. The number of carbonyl (C=O) groups excluding carboxylic acids is 1. The molecule has 0 aromatic carbocycles. The molecule has 0 saturated heterocycles. The van der Waals surface area contributed by atoms with Crippen LogP contribution in [0, 0.1) is 0 Å². The van der Waals surface area contributed by atoms with Crippen molar-refractivity contribution in [3.63, 3.8) is 0 Å². The number of hydrogen-bond acceptors (Lipinski definition) is 5. The van der Waals surface area contributed by atoms with Gasteiger partial charge in [-0.3, -0.25) is 16.0 Å². The monoisotopic (exact) mass is 218 g/mol. The van der Waals surface area contributed by atoms with Crippen LogP contribution in [0.1, 0.15) is 10.5 Å². The molecule has 1 amide bonds. The lowest BCUT2D eigenvalue weighted by Crippen LogP contribution is -2.15. The fourth-order valence-corrected chi connectivity index (χ4v) is 1.12. The number of nitrogen functional groups attached to an aromatic ring is 1. The van der Waals surface area contributed by atoms with Crippen molar-refractivity contribution in [1.82, 2.24) is 15.0 Å². The molecule has 2 rings (SSSR count). The van der Waals surface area contributed by atoms with E-state index in [1.165, 1.54) is 6.20 Å². The minimum absolute atomic E-state index is 0.287. The first-order valence-electron chi connectivity index (χ1n) is 4.53. The van der Waals surface area contributed by atoms with Crippen LogP contribution in [0.3, 0.4) is 0 Å². The number of pyridine rings is 1. The Balaban J connectivity index is 2.09. The van der Waals surface area contributed by atoms with Crippen molar-refractivity contribution < 1.29 is 4.79 Å². The van der Waals surface area contributed by atoms with E-state index in [2.05, 4.69) is 25.7 Å². The van der Waals surface area contributed by atoms with Gasteiger partial charge in [-0.25, -0.2) is 9.97 Å².